The number of carbonyl (C=O) groups excluding carboxylic acids is 3. The van der Waals surface area contributed by atoms with Gasteiger partial charge in [-0.3, -0.25) is 24.6 Å². The van der Waals surface area contributed by atoms with Gasteiger partial charge in [0.1, 0.15) is 5.01 Å². The minimum Gasteiger partial charge on any atom is -0.307 e. The van der Waals surface area contributed by atoms with Gasteiger partial charge in [-0.05, 0) is 25.5 Å². The van der Waals surface area contributed by atoms with Crippen molar-refractivity contribution in [1.29, 1.82) is 0 Å². The highest BCUT2D eigenvalue weighted by atomic mass is 32.1. The van der Waals surface area contributed by atoms with Crippen LogP contribution in [0.1, 0.15) is 54.9 Å². The molecule has 4 rings (SSSR count). The third-order valence-corrected chi connectivity index (χ3v) is 6.38. The summed E-state index contributed by atoms with van der Waals surface area (Å²) in [7, 11) is 0. The van der Waals surface area contributed by atoms with Crippen LogP contribution in [0.4, 0.5) is 10.8 Å². The number of carbonyl (C=O) groups is 3. The number of nitrogens with zero attached hydrogens (tertiary/aromatic N) is 4. The molecule has 0 bridgehead atoms. The summed E-state index contributed by atoms with van der Waals surface area (Å²) in [4.78, 5) is 42.5. The summed E-state index contributed by atoms with van der Waals surface area (Å²) in [5.41, 5.74) is -0.460. The van der Waals surface area contributed by atoms with Crippen molar-refractivity contribution in [1.82, 2.24) is 15.1 Å². The normalized spacial score (nSPS) is 20.6. The molecule has 1 atom stereocenters. The maximum Gasteiger partial charge on any atom is 0.273 e. The molecule has 29 heavy (non-hydrogen) atoms. The minimum absolute atomic E-state index is 0.167. The van der Waals surface area contributed by atoms with Crippen molar-refractivity contribution < 1.29 is 14.4 Å². The first-order valence-corrected chi connectivity index (χ1v) is 10.7. The summed E-state index contributed by atoms with van der Waals surface area (Å²) in [6, 6.07) is 6.95. The van der Waals surface area contributed by atoms with Crippen LogP contribution in [0.5, 0.6) is 0 Å². The zero-order chi connectivity index (χ0) is 20.6. The van der Waals surface area contributed by atoms with Crippen LogP contribution in [0.15, 0.2) is 24.3 Å². The molecule has 0 spiro atoms. The Balaban J connectivity index is 1.71. The van der Waals surface area contributed by atoms with Crippen molar-refractivity contribution in [2.75, 3.05) is 16.8 Å². The smallest absolute Gasteiger partial charge is 0.273 e. The maximum absolute atomic E-state index is 13.5. The third kappa shape index (κ3) is 3.00. The lowest BCUT2D eigenvalue weighted by Gasteiger charge is -2.48. The number of hydrogen-bond donors (Lipinski definition) is 1. The molecular formula is C20H23N5O3S. The highest BCUT2D eigenvalue weighted by Gasteiger charge is 2.60. The molecule has 1 unspecified atom stereocenters. The second-order valence-electron chi connectivity index (χ2n) is 7.17. The van der Waals surface area contributed by atoms with E-state index in [9.17, 15) is 14.4 Å². The highest BCUT2D eigenvalue weighted by molar-refractivity contribution is 7.15. The Hall–Kier alpha value is -2.81. The maximum atomic E-state index is 13.5. The Morgan fingerprint density at radius 2 is 2.03 bits per heavy atom. The summed E-state index contributed by atoms with van der Waals surface area (Å²) in [5.74, 6) is -0.837. The van der Waals surface area contributed by atoms with Crippen molar-refractivity contribution in [2.24, 2.45) is 0 Å². The van der Waals surface area contributed by atoms with Crippen molar-refractivity contribution in [3.05, 3.63) is 34.8 Å². The summed E-state index contributed by atoms with van der Waals surface area (Å²) >= 11 is 1.33. The molecule has 1 aromatic heterocycles. The molecule has 2 aromatic rings. The molecule has 1 saturated heterocycles. The van der Waals surface area contributed by atoms with Crippen molar-refractivity contribution in [3.63, 3.8) is 0 Å². The molecule has 0 saturated carbocycles. The Morgan fingerprint density at radius 3 is 2.79 bits per heavy atom. The van der Waals surface area contributed by atoms with Gasteiger partial charge in [-0.15, -0.1) is 10.2 Å². The quantitative estimate of drug-likeness (QED) is 0.786. The summed E-state index contributed by atoms with van der Waals surface area (Å²) in [5, 5.41) is 12.3. The molecule has 152 valence electrons. The van der Waals surface area contributed by atoms with Gasteiger partial charge in [0.2, 0.25) is 16.7 Å². The Kier molecular flexibility index (Phi) is 5.08. The standard InChI is InChI=1S/C20H23N5O3S/c1-3-5-10-15-22-23-19(29-15)21-18(28)20-12-11-16(26)25(20)14-9-7-6-8-13(14)17(27)24(20)4-2/h6-9H,3-5,10-12H2,1-2H3,(H,21,23,28). The lowest BCUT2D eigenvalue weighted by molar-refractivity contribution is -0.128. The summed E-state index contributed by atoms with van der Waals surface area (Å²) in [6.45, 7) is 4.23. The molecule has 1 aromatic carbocycles. The van der Waals surface area contributed by atoms with Crippen LogP contribution in [0.25, 0.3) is 0 Å². The Morgan fingerprint density at radius 1 is 1.24 bits per heavy atom. The van der Waals surface area contributed by atoms with Gasteiger partial charge in [0.05, 0.1) is 11.3 Å². The fraction of sp³-hybridized carbons (Fsp3) is 0.450. The number of rotatable bonds is 6. The van der Waals surface area contributed by atoms with E-state index in [0.717, 1.165) is 24.3 Å². The Labute approximate surface area is 172 Å². The minimum atomic E-state index is -1.38. The average molecular weight is 414 g/mol. The van der Waals surface area contributed by atoms with Crippen LogP contribution in [0.3, 0.4) is 0 Å². The molecular weight excluding hydrogens is 390 g/mol. The van der Waals surface area contributed by atoms with Gasteiger partial charge in [-0.1, -0.05) is 36.8 Å². The van der Waals surface area contributed by atoms with Gasteiger partial charge in [0.15, 0.2) is 0 Å². The molecule has 2 aliphatic rings. The van der Waals surface area contributed by atoms with E-state index in [0.29, 0.717) is 22.9 Å². The highest BCUT2D eigenvalue weighted by Crippen LogP contribution is 2.44. The van der Waals surface area contributed by atoms with Gasteiger partial charge < -0.3 is 4.90 Å². The molecule has 0 aliphatic carbocycles. The fourth-order valence-corrected chi connectivity index (χ4v) is 4.91. The second kappa shape index (κ2) is 7.55. The van der Waals surface area contributed by atoms with Crippen molar-refractivity contribution >= 4 is 39.9 Å². The molecule has 9 heteroatoms. The largest absolute Gasteiger partial charge is 0.307 e. The van der Waals surface area contributed by atoms with Crippen LogP contribution in [-0.4, -0.2) is 45.0 Å². The number of likely N-dealkylation sites (N-methyl/N-ethyl adjacent to an activating group) is 1. The average Bonchev–Trinajstić information content (AvgIpc) is 3.32. The number of para-hydroxylation sites is 1. The third-order valence-electron chi connectivity index (χ3n) is 5.49. The first-order valence-electron chi connectivity index (χ1n) is 9.90. The zero-order valence-corrected chi connectivity index (χ0v) is 17.3. The first kappa shape index (κ1) is 19.5. The molecule has 2 aliphatic heterocycles. The fourth-order valence-electron chi connectivity index (χ4n) is 4.14. The van der Waals surface area contributed by atoms with E-state index in [1.807, 2.05) is 6.92 Å². The Bertz CT molecular complexity index is 975. The molecule has 3 amide bonds. The van der Waals surface area contributed by atoms with Crippen molar-refractivity contribution in [2.45, 2.75) is 51.6 Å². The van der Waals surface area contributed by atoms with E-state index < -0.39 is 11.6 Å². The van der Waals surface area contributed by atoms with Crippen LogP contribution in [-0.2, 0) is 16.0 Å². The van der Waals surface area contributed by atoms with Gasteiger partial charge in [-0.2, -0.15) is 0 Å². The monoisotopic (exact) mass is 413 g/mol. The number of nitrogens with one attached hydrogen (secondary N) is 1. The lowest BCUT2D eigenvalue weighted by atomic mass is 9.95. The van der Waals surface area contributed by atoms with E-state index >= 15 is 0 Å². The predicted octanol–water partition coefficient (Wildman–Crippen LogP) is 2.82. The number of amides is 3. The lowest BCUT2D eigenvalue weighted by Crippen LogP contribution is -2.69. The van der Waals surface area contributed by atoms with E-state index in [-0.39, 0.29) is 24.7 Å². The zero-order valence-electron chi connectivity index (χ0n) is 16.5. The molecule has 8 nitrogen and oxygen atoms in total. The predicted molar refractivity (Wildman–Crippen MR) is 110 cm³/mol. The number of hydrogen-bond acceptors (Lipinski definition) is 6. The number of benzene rings is 1. The summed E-state index contributed by atoms with van der Waals surface area (Å²) < 4.78 is 0. The number of aromatic nitrogens is 2. The van der Waals surface area contributed by atoms with E-state index in [1.165, 1.54) is 21.1 Å². The first-order chi connectivity index (χ1) is 14.0. The SMILES string of the molecule is CCCCc1nnc(NC(=O)C23CCC(=O)N2c2ccccc2C(=O)N3CC)s1. The van der Waals surface area contributed by atoms with Crippen LogP contribution >= 0.6 is 11.3 Å². The van der Waals surface area contributed by atoms with E-state index in [1.54, 1.807) is 24.3 Å². The van der Waals surface area contributed by atoms with Gasteiger partial charge >= 0.3 is 0 Å². The number of unbranched alkanes of at least 4 members (excludes halogenated alkanes) is 1. The van der Waals surface area contributed by atoms with Crippen LogP contribution in [0.2, 0.25) is 0 Å². The molecule has 0 radical (unpaired) electrons. The van der Waals surface area contributed by atoms with E-state index in [2.05, 4.69) is 22.4 Å². The molecule has 1 N–H and O–H groups in total. The number of anilines is 2. The summed E-state index contributed by atoms with van der Waals surface area (Å²) in [6.07, 6.45) is 3.31. The molecule has 1 fully saturated rings. The van der Waals surface area contributed by atoms with Crippen LogP contribution < -0.4 is 10.2 Å². The van der Waals surface area contributed by atoms with Gasteiger partial charge in [0, 0.05) is 25.8 Å². The topological polar surface area (TPSA) is 95.5 Å². The number of aryl methyl sites for hydroxylation is 1. The van der Waals surface area contributed by atoms with E-state index in [4.69, 9.17) is 0 Å². The molecule has 3 heterocycles. The van der Waals surface area contributed by atoms with Crippen LogP contribution in [0, 0.1) is 0 Å². The van der Waals surface area contributed by atoms with Gasteiger partial charge in [-0.25, -0.2) is 0 Å². The number of fused-ring (bicyclic) bond motifs is 3. The van der Waals surface area contributed by atoms with Gasteiger partial charge in [0.25, 0.3) is 11.8 Å². The second-order valence-corrected chi connectivity index (χ2v) is 8.23. The van der Waals surface area contributed by atoms with Crippen molar-refractivity contribution in [3.8, 4) is 0 Å².